The second kappa shape index (κ2) is 7.71. The zero-order chi connectivity index (χ0) is 19.7. The van der Waals surface area contributed by atoms with Gasteiger partial charge in [-0.25, -0.2) is 0 Å². The Bertz CT molecular complexity index is 906. The Morgan fingerprint density at radius 3 is 2.75 bits per heavy atom. The fraction of sp³-hybridized carbons (Fsp3) is 0.350. The van der Waals surface area contributed by atoms with Gasteiger partial charge in [-0.1, -0.05) is 6.07 Å². The van der Waals surface area contributed by atoms with Gasteiger partial charge in [0.2, 0.25) is 5.91 Å². The number of carbonyl (C=O) groups excluding carboxylic acids is 2. The number of benzene rings is 1. The quantitative estimate of drug-likeness (QED) is 0.801. The molecule has 0 saturated carbocycles. The number of nitrogens with one attached hydrogen (secondary N) is 1. The smallest absolute Gasteiger partial charge is 0.260 e. The minimum atomic E-state index is -0.497. The summed E-state index contributed by atoms with van der Waals surface area (Å²) in [5.41, 5.74) is 2.48. The lowest BCUT2D eigenvalue weighted by Crippen LogP contribution is -2.46. The first kappa shape index (κ1) is 18.6. The number of methoxy groups -OCH3 is 2. The molecule has 0 bridgehead atoms. The fourth-order valence-electron chi connectivity index (χ4n) is 3.69. The molecule has 2 aliphatic heterocycles. The van der Waals surface area contributed by atoms with Crippen LogP contribution >= 0.6 is 11.8 Å². The molecule has 28 heavy (non-hydrogen) atoms. The van der Waals surface area contributed by atoms with Crippen LogP contribution in [0.25, 0.3) is 0 Å². The lowest BCUT2D eigenvalue weighted by atomic mass is 10.1. The molecule has 0 spiro atoms. The molecule has 1 aromatic heterocycles. The van der Waals surface area contributed by atoms with E-state index in [-0.39, 0.29) is 17.2 Å². The van der Waals surface area contributed by atoms with Crippen LogP contribution in [-0.4, -0.2) is 54.3 Å². The number of carbonyl (C=O) groups is 2. The predicted octanol–water partition coefficient (Wildman–Crippen LogP) is 2.03. The summed E-state index contributed by atoms with van der Waals surface area (Å²) in [6.45, 7) is 0.515. The number of rotatable bonds is 6. The Balaban J connectivity index is 1.49. The molecule has 2 aliphatic rings. The minimum absolute atomic E-state index is 0.129. The van der Waals surface area contributed by atoms with E-state index in [0.29, 0.717) is 29.4 Å². The molecular formula is C20H21N3O4S. The number of ether oxygens (including phenoxy) is 2. The molecule has 1 fully saturated rings. The van der Waals surface area contributed by atoms with Crippen molar-refractivity contribution >= 4 is 23.6 Å². The largest absolute Gasteiger partial charge is 0.493 e. The summed E-state index contributed by atoms with van der Waals surface area (Å²) in [4.78, 5) is 31.5. The van der Waals surface area contributed by atoms with Gasteiger partial charge in [-0.2, -0.15) is 0 Å². The van der Waals surface area contributed by atoms with Crippen LogP contribution in [-0.2, 0) is 11.2 Å². The molecule has 1 saturated heterocycles. The van der Waals surface area contributed by atoms with Gasteiger partial charge >= 0.3 is 0 Å². The molecule has 146 valence electrons. The van der Waals surface area contributed by atoms with Crippen molar-refractivity contribution in [2.24, 2.45) is 0 Å². The van der Waals surface area contributed by atoms with E-state index < -0.39 is 6.04 Å². The molecule has 2 aromatic rings. The second-order valence-corrected chi connectivity index (χ2v) is 7.69. The van der Waals surface area contributed by atoms with Crippen molar-refractivity contribution < 1.29 is 19.1 Å². The third kappa shape index (κ3) is 3.07. The Kier molecular flexibility index (Phi) is 5.13. The summed E-state index contributed by atoms with van der Waals surface area (Å²) >= 11 is 1.60. The molecule has 3 heterocycles. The molecule has 8 heteroatoms. The lowest BCUT2D eigenvalue weighted by Gasteiger charge is -2.22. The van der Waals surface area contributed by atoms with Gasteiger partial charge < -0.3 is 19.7 Å². The Morgan fingerprint density at radius 1 is 1.25 bits per heavy atom. The van der Waals surface area contributed by atoms with E-state index >= 15 is 0 Å². The third-order valence-corrected chi connectivity index (χ3v) is 6.36. The summed E-state index contributed by atoms with van der Waals surface area (Å²) in [5.74, 6) is 1.20. The molecule has 0 unspecified atom stereocenters. The van der Waals surface area contributed by atoms with Gasteiger partial charge in [-0.15, -0.1) is 11.8 Å². The van der Waals surface area contributed by atoms with Crippen LogP contribution in [0.5, 0.6) is 11.5 Å². The number of aromatic nitrogens is 1. The highest BCUT2D eigenvalue weighted by molar-refractivity contribution is 7.99. The summed E-state index contributed by atoms with van der Waals surface area (Å²) in [5, 5.41) is 2.79. The van der Waals surface area contributed by atoms with Crippen molar-refractivity contribution in [3.05, 3.63) is 53.3 Å². The number of pyridine rings is 1. The van der Waals surface area contributed by atoms with E-state index in [0.717, 1.165) is 17.5 Å². The normalized spacial score (nSPS) is 19.9. The van der Waals surface area contributed by atoms with Crippen LogP contribution in [0.15, 0.2) is 36.7 Å². The molecule has 0 aliphatic carbocycles. The molecule has 0 radical (unpaired) electrons. The molecule has 2 amide bonds. The van der Waals surface area contributed by atoms with Crippen LogP contribution < -0.4 is 14.8 Å². The maximum absolute atomic E-state index is 13.1. The lowest BCUT2D eigenvalue weighted by molar-refractivity contribution is -0.124. The first-order valence-electron chi connectivity index (χ1n) is 9.01. The highest BCUT2D eigenvalue weighted by Crippen LogP contribution is 2.52. The predicted molar refractivity (Wildman–Crippen MR) is 106 cm³/mol. The minimum Gasteiger partial charge on any atom is -0.493 e. The topological polar surface area (TPSA) is 80.8 Å². The number of fused-ring (bicyclic) bond motifs is 3. The van der Waals surface area contributed by atoms with E-state index in [9.17, 15) is 9.59 Å². The number of amides is 2. The second-order valence-electron chi connectivity index (χ2n) is 6.58. The zero-order valence-corrected chi connectivity index (χ0v) is 16.5. The molecule has 7 nitrogen and oxygen atoms in total. The van der Waals surface area contributed by atoms with Gasteiger partial charge in [0, 0.05) is 30.3 Å². The Labute approximate surface area is 167 Å². The number of nitrogens with zero attached hydrogens (tertiary/aromatic N) is 2. The SMILES string of the molecule is COc1ccc2c(c1OC)C(=O)N1[C@H](C(=O)NCCc3ccncc3)CS[C@@H]21. The van der Waals surface area contributed by atoms with E-state index in [1.807, 2.05) is 18.2 Å². The Hall–Kier alpha value is -2.74. The molecule has 1 aromatic carbocycles. The summed E-state index contributed by atoms with van der Waals surface area (Å²) in [6, 6.07) is 7.04. The van der Waals surface area contributed by atoms with Gasteiger partial charge in [0.05, 0.1) is 19.8 Å². The highest BCUT2D eigenvalue weighted by atomic mass is 32.2. The molecular weight excluding hydrogens is 378 g/mol. The van der Waals surface area contributed by atoms with Crippen LogP contribution in [0.4, 0.5) is 0 Å². The summed E-state index contributed by atoms with van der Waals surface area (Å²) in [7, 11) is 3.06. The zero-order valence-electron chi connectivity index (χ0n) is 15.7. The average Bonchev–Trinajstić information content (AvgIpc) is 3.28. The number of hydrogen-bond donors (Lipinski definition) is 1. The molecule has 2 atom stereocenters. The first-order valence-corrected chi connectivity index (χ1v) is 10.1. The van der Waals surface area contributed by atoms with E-state index in [1.165, 1.54) is 7.11 Å². The van der Waals surface area contributed by atoms with Crippen LogP contribution in [0, 0.1) is 0 Å². The van der Waals surface area contributed by atoms with Crippen molar-refractivity contribution in [2.45, 2.75) is 17.8 Å². The number of hydrogen-bond acceptors (Lipinski definition) is 6. The summed E-state index contributed by atoms with van der Waals surface area (Å²) < 4.78 is 10.8. The monoisotopic (exact) mass is 399 g/mol. The van der Waals surface area contributed by atoms with E-state index in [4.69, 9.17) is 9.47 Å². The highest BCUT2D eigenvalue weighted by Gasteiger charge is 2.50. The third-order valence-electron chi connectivity index (χ3n) is 5.06. The average molecular weight is 399 g/mol. The van der Waals surface area contributed by atoms with Gasteiger partial charge in [0.25, 0.3) is 5.91 Å². The Morgan fingerprint density at radius 2 is 2.04 bits per heavy atom. The maximum atomic E-state index is 13.1. The van der Waals surface area contributed by atoms with Gasteiger partial charge in [0.15, 0.2) is 11.5 Å². The van der Waals surface area contributed by atoms with Crippen LogP contribution in [0.3, 0.4) is 0 Å². The van der Waals surface area contributed by atoms with Crippen LogP contribution in [0.2, 0.25) is 0 Å². The number of thioether (sulfide) groups is 1. The van der Waals surface area contributed by atoms with Crippen molar-refractivity contribution in [3.63, 3.8) is 0 Å². The van der Waals surface area contributed by atoms with Gasteiger partial charge in [-0.05, 0) is 30.2 Å². The van der Waals surface area contributed by atoms with Crippen molar-refractivity contribution in [1.29, 1.82) is 0 Å². The van der Waals surface area contributed by atoms with Gasteiger partial charge in [0.1, 0.15) is 11.4 Å². The van der Waals surface area contributed by atoms with E-state index in [1.54, 1.807) is 42.2 Å². The van der Waals surface area contributed by atoms with Crippen molar-refractivity contribution in [2.75, 3.05) is 26.5 Å². The fourth-order valence-corrected chi connectivity index (χ4v) is 5.15. The maximum Gasteiger partial charge on any atom is 0.260 e. The van der Waals surface area contributed by atoms with Crippen LogP contribution in [0.1, 0.15) is 26.9 Å². The van der Waals surface area contributed by atoms with Crippen molar-refractivity contribution in [1.82, 2.24) is 15.2 Å². The molecule has 1 N–H and O–H groups in total. The first-order chi connectivity index (χ1) is 13.7. The van der Waals surface area contributed by atoms with E-state index in [2.05, 4.69) is 10.3 Å². The van der Waals surface area contributed by atoms with Gasteiger partial charge in [-0.3, -0.25) is 14.6 Å². The standard InChI is InChI=1S/C20H21N3O4S/c1-26-15-4-3-13-16(17(15)27-2)19(25)23-14(11-28-20(13)23)18(24)22-10-7-12-5-8-21-9-6-12/h3-6,8-9,14,20H,7,10-11H2,1-2H3,(H,22,24)/t14-,20-/m0/s1. The molecule has 4 rings (SSSR count). The summed E-state index contributed by atoms with van der Waals surface area (Å²) in [6.07, 6.45) is 4.19. The van der Waals surface area contributed by atoms with Crippen molar-refractivity contribution in [3.8, 4) is 11.5 Å².